The molecule has 3 aromatic carbocycles. The number of rotatable bonds is 14. The molecule has 0 saturated carbocycles. The highest BCUT2D eigenvalue weighted by molar-refractivity contribution is 6.10. The van der Waals surface area contributed by atoms with Gasteiger partial charge in [-0.25, -0.2) is 4.68 Å². The summed E-state index contributed by atoms with van der Waals surface area (Å²) < 4.78 is 21.4. The van der Waals surface area contributed by atoms with Crippen LogP contribution in [0.1, 0.15) is 65.7 Å². The van der Waals surface area contributed by atoms with E-state index in [4.69, 9.17) is 13.9 Å². The lowest BCUT2D eigenvalue weighted by Gasteiger charge is -2.05. The van der Waals surface area contributed by atoms with E-state index in [1.165, 1.54) is 19.3 Å². The van der Waals surface area contributed by atoms with Crippen molar-refractivity contribution < 1.29 is 18.7 Å². The van der Waals surface area contributed by atoms with Crippen LogP contribution in [0.15, 0.2) is 89.6 Å². The highest BCUT2D eigenvalue weighted by Gasteiger charge is 2.19. The van der Waals surface area contributed by atoms with E-state index < -0.39 is 0 Å². The molecule has 0 radical (unpaired) electrons. The number of ether oxygens (including phenoxy) is 2. The van der Waals surface area contributed by atoms with E-state index in [0.29, 0.717) is 35.0 Å². The van der Waals surface area contributed by atoms with Gasteiger partial charge in [0, 0.05) is 29.1 Å². The summed E-state index contributed by atoms with van der Waals surface area (Å²) in [6.07, 6.45) is 8.54. The molecule has 0 amide bonds. The van der Waals surface area contributed by atoms with Gasteiger partial charge < -0.3 is 13.9 Å². The Morgan fingerprint density at radius 2 is 1.55 bits per heavy atom. The van der Waals surface area contributed by atoms with Crippen LogP contribution < -0.4 is 9.47 Å². The summed E-state index contributed by atoms with van der Waals surface area (Å²) in [5, 5.41) is 17.8. The monoisotopic (exact) mass is 590 g/mol. The Labute approximate surface area is 255 Å². The number of furan rings is 1. The molecule has 0 spiro atoms. The fourth-order valence-corrected chi connectivity index (χ4v) is 4.95. The summed E-state index contributed by atoms with van der Waals surface area (Å²) in [5.74, 6) is 1.53. The Kier molecular flexibility index (Phi) is 8.77. The van der Waals surface area contributed by atoms with Crippen molar-refractivity contribution in [2.75, 3.05) is 0 Å². The zero-order valence-electron chi connectivity index (χ0n) is 24.8. The van der Waals surface area contributed by atoms with Crippen molar-refractivity contribution in [2.45, 2.75) is 59.3 Å². The molecule has 0 unspecified atom stereocenters. The van der Waals surface area contributed by atoms with Gasteiger partial charge in [-0.15, -0.1) is 10.2 Å². The van der Waals surface area contributed by atoms with Gasteiger partial charge in [-0.05, 0) is 49.7 Å². The highest BCUT2D eigenvalue weighted by Crippen LogP contribution is 2.30. The molecule has 0 aliphatic heterocycles. The van der Waals surface area contributed by atoms with Crippen LogP contribution in [0.4, 0.5) is 0 Å². The van der Waals surface area contributed by atoms with E-state index in [1.807, 2.05) is 78.6 Å². The Morgan fingerprint density at radius 3 is 2.34 bits per heavy atom. The Hall–Kier alpha value is -5.25. The highest BCUT2D eigenvalue weighted by atomic mass is 16.5. The number of carbonyl (C=O) groups is 1. The van der Waals surface area contributed by atoms with Crippen LogP contribution in [-0.2, 0) is 19.8 Å². The number of hydrogen-bond donors (Lipinski definition) is 0. The van der Waals surface area contributed by atoms with Gasteiger partial charge >= 0.3 is 0 Å². The van der Waals surface area contributed by atoms with Gasteiger partial charge in [0.15, 0.2) is 5.76 Å². The third-order valence-electron chi connectivity index (χ3n) is 7.39. The number of carbonyl (C=O) groups excluding carboxylic acids is 1. The molecule has 3 aromatic heterocycles. The molecule has 6 rings (SSSR count). The number of hydrogen-bond acceptors (Lipinski definition) is 8. The summed E-state index contributed by atoms with van der Waals surface area (Å²) in [6.45, 7) is 5.55. The largest absolute Gasteiger partial charge is 0.487 e. The average molecular weight is 591 g/mol. The number of benzene rings is 3. The first-order valence-electron chi connectivity index (χ1n) is 14.9. The molecular formula is C34H34N6O4. The second kappa shape index (κ2) is 13.4. The number of nitrogens with zero attached hydrogens (tertiary/aromatic N) is 6. The second-order valence-corrected chi connectivity index (χ2v) is 10.7. The van der Waals surface area contributed by atoms with E-state index in [0.717, 1.165) is 41.0 Å². The molecule has 224 valence electrons. The zero-order chi connectivity index (χ0) is 30.3. The van der Waals surface area contributed by atoms with E-state index in [-0.39, 0.29) is 12.4 Å². The minimum absolute atomic E-state index is 0.143. The first-order chi connectivity index (χ1) is 21.6. The number of unbranched alkanes of at least 4 members (excludes halogenated alkanes) is 3. The van der Waals surface area contributed by atoms with Crippen LogP contribution in [0.2, 0.25) is 0 Å². The third kappa shape index (κ3) is 6.70. The Balaban J connectivity index is 1.03. The molecule has 0 N–H and O–H groups in total. The molecule has 6 aromatic rings. The average Bonchev–Trinajstić information content (AvgIpc) is 3.81. The number of aryl methyl sites for hydroxylation is 2. The fraction of sp³-hybridized carbons (Fsp3) is 0.265. The lowest BCUT2D eigenvalue weighted by atomic mass is 10.0. The van der Waals surface area contributed by atoms with Crippen molar-refractivity contribution in [1.82, 2.24) is 30.0 Å². The zero-order valence-corrected chi connectivity index (χ0v) is 24.8. The molecule has 0 atom stereocenters. The van der Waals surface area contributed by atoms with Gasteiger partial charge in [0.2, 0.25) is 5.78 Å². The summed E-state index contributed by atoms with van der Waals surface area (Å²) in [7, 11) is 0. The van der Waals surface area contributed by atoms with Crippen LogP contribution >= 0.6 is 0 Å². The summed E-state index contributed by atoms with van der Waals surface area (Å²) in [5.41, 5.74) is 4.30. The summed E-state index contributed by atoms with van der Waals surface area (Å²) >= 11 is 0. The SMILES string of the molecule is CCCCCCn1cc(COc2ccc(-n3cc(COc4ccc5c(C)c(C(=O)c6ccccc6)oc5c4)nn3)cc2)nn1. The van der Waals surface area contributed by atoms with Crippen LogP contribution in [0.25, 0.3) is 16.7 Å². The third-order valence-corrected chi connectivity index (χ3v) is 7.39. The summed E-state index contributed by atoms with van der Waals surface area (Å²) in [4.78, 5) is 13.0. The lowest BCUT2D eigenvalue weighted by Crippen LogP contribution is -2.00. The lowest BCUT2D eigenvalue weighted by molar-refractivity contribution is 0.101. The van der Waals surface area contributed by atoms with Crippen molar-refractivity contribution in [3.8, 4) is 17.2 Å². The van der Waals surface area contributed by atoms with Crippen molar-refractivity contribution in [3.05, 3.63) is 113 Å². The van der Waals surface area contributed by atoms with Gasteiger partial charge in [0.05, 0.1) is 18.1 Å². The molecule has 0 aliphatic carbocycles. The van der Waals surface area contributed by atoms with E-state index in [9.17, 15) is 4.79 Å². The molecular weight excluding hydrogens is 556 g/mol. The maximum Gasteiger partial charge on any atom is 0.228 e. The number of fused-ring (bicyclic) bond motifs is 1. The van der Waals surface area contributed by atoms with Gasteiger partial charge in [-0.3, -0.25) is 9.48 Å². The molecule has 0 fully saturated rings. The molecule has 0 bridgehead atoms. The van der Waals surface area contributed by atoms with Gasteiger partial charge in [0.25, 0.3) is 0 Å². The smallest absolute Gasteiger partial charge is 0.228 e. The van der Waals surface area contributed by atoms with Crippen LogP contribution in [0, 0.1) is 6.92 Å². The maximum atomic E-state index is 13.0. The molecule has 3 heterocycles. The fourth-order valence-electron chi connectivity index (χ4n) is 4.95. The number of aromatic nitrogens is 6. The van der Waals surface area contributed by atoms with Crippen molar-refractivity contribution in [1.29, 1.82) is 0 Å². The standard InChI is InChI=1S/C34H34N6O4/c1-3-4-5-9-18-39-20-26(35-37-39)22-42-29-14-12-28(13-15-29)40-21-27(36-38-40)23-43-30-16-17-31-24(2)34(44-32(31)19-30)33(41)25-10-7-6-8-11-25/h6-8,10-17,19-21H,3-5,9,18,22-23H2,1-2H3. The van der Waals surface area contributed by atoms with E-state index in [1.54, 1.807) is 22.9 Å². The molecule has 0 saturated heterocycles. The van der Waals surface area contributed by atoms with Crippen molar-refractivity contribution in [2.24, 2.45) is 0 Å². The van der Waals surface area contributed by atoms with Crippen LogP contribution in [0.3, 0.4) is 0 Å². The predicted molar refractivity (Wildman–Crippen MR) is 165 cm³/mol. The topological polar surface area (TPSA) is 110 Å². The van der Waals surface area contributed by atoms with Gasteiger partial charge in [-0.1, -0.05) is 66.9 Å². The minimum atomic E-state index is -0.143. The Bertz CT molecular complexity index is 1840. The summed E-state index contributed by atoms with van der Waals surface area (Å²) in [6, 6.07) is 22.3. The van der Waals surface area contributed by atoms with Crippen LogP contribution in [0.5, 0.6) is 11.5 Å². The predicted octanol–water partition coefficient (Wildman–Crippen LogP) is 6.88. The molecule has 10 nitrogen and oxygen atoms in total. The minimum Gasteiger partial charge on any atom is -0.487 e. The quantitative estimate of drug-likeness (QED) is 0.0997. The maximum absolute atomic E-state index is 13.0. The van der Waals surface area contributed by atoms with Gasteiger partial charge in [-0.2, -0.15) is 0 Å². The van der Waals surface area contributed by atoms with Crippen molar-refractivity contribution >= 4 is 16.8 Å². The molecule has 10 heteroatoms. The normalized spacial score (nSPS) is 11.2. The first-order valence-corrected chi connectivity index (χ1v) is 14.9. The second-order valence-electron chi connectivity index (χ2n) is 10.7. The van der Waals surface area contributed by atoms with E-state index in [2.05, 4.69) is 27.5 Å². The van der Waals surface area contributed by atoms with Crippen LogP contribution in [-0.4, -0.2) is 35.8 Å². The molecule has 0 aliphatic rings. The van der Waals surface area contributed by atoms with Crippen molar-refractivity contribution in [3.63, 3.8) is 0 Å². The Morgan fingerprint density at radius 1 is 0.818 bits per heavy atom. The van der Waals surface area contributed by atoms with E-state index >= 15 is 0 Å². The molecule has 44 heavy (non-hydrogen) atoms. The number of ketones is 1. The van der Waals surface area contributed by atoms with Gasteiger partial charge in [0.1, 0.15) is 41.7 Å². The first kappa shape index (κ1) is 28.9.